The van der Waals surface area contributed by atoms with Gasteiger partial charge in [-0.1, -0.05) is 32.0 Å². The topological polar surface area (TPSA) is 57.9 Å². The number of benzene rings is 2. The summed E-state index contributed by atoms with van der Waals surface area (Å²) in [6.07, 6.45) is 4.04. The number of imidazole rings is 1. The Kier molecular flexibility index (Phi) is 7.09. The van der Waals surface area contributed by atoms with Gasteiger partial charge in [0.25, 0.3) is 11.8 Å². The predicted molar refractivity (Wildman–Crippen MR) is 144 cm³/mol. The van der Waals surface area contributed by atoms with Crippen molar-refractivity contribution >= 4 is 29.2 Å². The average Bonchev–Trinajstić information content (AvgIpc) is 3.35. The molecule has 3 heterocycles. The second-order valence-electron chi connectivity index (χ2n) is 9.37. The van der Waals surface area contributed by atoms with Crippen LogP contribution in [-0.2, 0) is 5.75 Å². The van der Waals surface area contributed by atoms with Crippen molar-refractivity contribution < 1.29 is 9.59 Å². The summed E-state index contributed by atoms with van der Waals surface area (Å²) in [5.74, 6) is 1.25. The molecule has 0 N–H and O–H groups in total. The van der Waals surface area contributed by atoms with Gasteiger partial charge in [-0.2, -0.15) is 0 Å². The fourth-order valence-electron chi connectivity index (χ4n) is 4.40. The molecule has 0 atom stereocenters. The van der Waals surface area contributed by atoms with Gasteiger partial charge in [0.2, 0.25) is 0 Å². The maximum atomic E-state index is 13.0. The van der Waals surface area contributed by atoms with E-state index in [1.165, 1.54) is 5.56 Å². The van der Waals surface area contributed by atoms with E-state index < -0.39 is 0 Å². The molecule has 36 heavy (non-hydrogen) atoms. The molecule has 0 spiro atoms. The number of hydrogen-bond acceptors (Lipinski definition) is 4. The van der Waals surface area contributed by atoms with E-state index in [9.17, 15) is 9.59 Å². The highest BCUT2D eigenvalue weighted by molar-refractivity contribution is 7.98. The molecule has 5 rings (SSSR count). The number of nitrogens with zero attached hydrogens (tertiary/aromatic N) is 4. The lowest BCUT2D eigenvalue weighted by atomic mass is 10.0. The first-order chi connectivity index (χ1) is 17.5. The van der Waals surface area contributed by atoms with Gasteiger partial charge in [-0.25, -0.2) is 4.98 Å². The van der Waals surface area contributed by atoms with Crippen molar-refractivity contribution in [2.24, 2.45) is 0 Å². The van der Waals surface area contributed by atoms with E-state index in [0.717, 1.165) is 22.0 Å². The third-order valence-corrected chi connectivity index (χ3v) is 7.63. The number of pyridine rings is 1. The summed E-state index contributed by atoms with van der Waals surface area (Å²) in [7, 11) is 0. The first-order valence-corrected chi connectivity index (χ1v) is 13.3. The Hall–Kier alpha value is -3.58. The highest BCUT2D eigenvalue weighted by Gasteiger charge is 2.25. The van der Waals surface area contributed by atoms with Gasteiger partial charge in [0.1, 0.15) is 5.65 Å². The van der Waals surface area contributed by atoms with Crippen LogP contribution in [0, 0.1) is 0 Å². The molecule has 7 heteroatoms. The van der Waals surface area contributed by atoms with Crippen molar-refractivity contribution in [3.8, 4) is 0 Å². The van der Waals surface area contributed by atoms with E-state index in [-0.39, 0.29) is 11.8 Å². The van der Waals surface area contributed by atoms with Crippen LogP contribution < -0.4 is 0 Å². The van der Waals surface area contributed by atoms with E-state index in [4.69, 9.17) is 0 Å². The van der Waals surface area contributed by atoms with Crippen molar-refractivity contribution in [2.75, 3.05) is 26.2 Å². The summed E-state index contributed by atoms with van der Waals surface area (Å²) in [6.45, 7) is 6.45. The number of hydrogen-bond donors (Lipinski definition) is 0. The summed E-state index contributed by atoms with van der Waals surface area (Å²) in [4.78, 5) is 35.3. The number of fused-ring (bicyclic) bond motifs is 1. The number of piperazine rings is 1. The van der Waals surface area contributed by atoms with E-state index in [1.54, 1.807) is 11.8 Å². The fraction of sp³-hybridized carbons (Fsp3) is 0.276. The van der Waals surface area contributed by atoms with Crippen molar-refractivity contribution in [3.05, 3.63) is 102 Å². The van der Waals surface area contributed by atoms with Gasteiger partial charge in [0.15, 0.2) is 0 Å². The van der Waals surface area contributed by atoms with Crippen LogP contribution in [0.5, 0.6) is 0 Å². The van der Waals surface area contributed by atoms with Crippen LogP contribution in [0.4, 0.5) is 0 Å². The SMILES string of the molecule is CC(C)c1ccc(C(=O)N2CCN(C(=O)c3ccc(SCc4cn5ccccc5n4)cc3)CC2)cc1. The molecule has 6 nitrogen and oxygen atoms in total. The normalized spacial score (nSPS) is 14.0. The number of carbonyl (C=O) groups excluding carboxylic acids is 2. The van der Waals surface area contributed by atoms with E-state index >= 15 is 0 Å². The van der Waals surface area contributed by atoms with Crippen LogP contribution in [0.3, 0.4) is 0 Å². The van der Waals surface area contributed by atoms with Crippen LogP contribution in [-0.4, -0.2) is 57.2 Å². The Balaban J connectivity index is 1.13. The Labute approximate surface area is 215 Å². The number of thioether (sulfide) groups is 1. The molecule has 0 bridgehead atoms. The fourth-order valence-corrected chi connectivity index (χ4v) is 5.18. The molecule has 2 aromatic carbocycles. The molecular weight excluding hydrogens is 468 g/mol. The standard InChI is InChI=1S/C29H30N4O2S/c1-21(2)22-6-8-23(9-7-22)28(34)31-15-17-32(18-16-31)29(35)24-10-12-26(13-11-24)36-20-25-19-33-14-4-3-5-27(33)30-25/h3-14,19,21H,15-18,20H2,1-2H3. The summed E-state index contributed by atoms with van der Waals surface area (Å²) in [6, 6.07) is 21.6. The van der Waals surface area contributed by atoms with Crippen molar-refractivity contribution in [1.29, 1.82) is 0 Å². The van der Waals surface area contributed by atoms with Gasteiger partial charge in [0.05, 0.1) is 5.69 Å². The smallest absolute Gasteiger partial charge is 0.253 e. The lowest BCUT2D eigenvalue weighted by Gasteiger charge is -2.35. The second-order valence-corrected chi connectivity index (χ2v) is 10.4. The highest BCUT2D eigenvalue weighted by Crippen LogP contribution is 2.24. The maximum absolute atomic E-state index is 13.0. The predicted octanol–water partition coefficient (Wildman–Crippen LogP) is 5.35. The molecule has 1 aliphatic heterocycles. The molecule has 0 unspecified atom stereocenters. The molecule has 0 aliphatic carbocycles. The van der Waals surface area contributed by atoms with Crippen molar-refractivity contribution in [3.63, 3.8) is 0 Å². The molecule has 2 amide bonds. The number of aromatic nitrogens is 2. The molecule has 0 saturated carbocycles. The first kappa shape index (κ1) is 24.1. The largest absolute Gasteiger partial charge is 0.335 e. The minimum atomic E-state index is 0.0142. The Morgan fingerprint density at radius 1 is 0.833 bits per heavy atom. The van der Waals surface area contributed by atoms with E-state index in [1.807, 2.05) is 93.3 Å². The zero-order valence-electron chi connectivity index (χ0n) is 20.6. The minimum absolute atomic E-state index is 0.0142. The number of amides is 2. The Morgan fingerprint density at radius 2 is 1.42 bits per heavy atom. The van der Waals surface area contributed by atoms with Gasteiger partial charge >= 0.3 is 0 Å². The molecule has 1 fully saturated rings. The molecule has 0 radical (unpaired) electrons. The molecule has 4 aromatic rings. The zero-order valence-corrected chi connectivity index (χ0v) is 21.4. The Morgan fingerprint density at radius 3 is 1.97 bits per heavy atom. The molecule has 184 valence electrons. The number of rotatable bonds is 6. The zero-order chi connectivity index (χ0) is 25.1. The molecule has 1 saturated heterocycles. The molecule has 1 aliphatic rings. The molecular formula is C29H30N4O2S. The quantitative estimate of drug-likeness (QED) is 0.337. The summed E-state index contributed by atoms with van der Waals surface area (Å²) >= 11 is 1.70. The average molecular weight is 499 g/mol. The van der Waals surface area contributed by atoms with Crippen LogP contribution in [0.2, 0.25) is 0 Å². The third kappa shape index (κ3) is 5.31. The summed E-state index contributed by atoms with van der Waals surface area (Å²) in [5, 5.41) is 0. The van der Waals surface area contributed by atoms with E-state index in [2.05, 4.69) is 18.8 Å². The second kappa shape index (κ2) is 10.6. The summed E-state index contributed by atoms with van der Waals surface area (Å²) in [5.41, 5.74) is 4.57. The van der Waals surface area contributed by atoms with Crippen LogP contribution in [0.15, 0.2) is 84.0 Å². The van der Waals surface area contributed by atoms with Crippen LogP contribution in [0.1, 0.15) is 51.7 Å². The van der Waals surface area contributed by atoms with Crippen LogP contribution >= 0.6 is 11.8 Å². The van der Waals surface area contributed by atoms with Gasteiger partial charge in [-0.15, -0.1) is 11.8 Å². The lowest BCUT2D eigenvalue weighted by molar-refractivity contribution is 0.0535. The minimum Gasteiger partial charge on any atom is -0.335 e. The first-order valence-electron chi connectivity index (χ1n) is 12.3. The van der Waals surface area contributed by atoms with Gasteiger partial charge in [0, 0.05) is 60.3 Å². The van der Waals surface area contributed by atoms with Crippen LogP contribution in [0.25, 0.3) is 5.65 Å². The van der Waals surface area contributed by atoms with Gasteiger partial charge < -0.3 is 14.2 Å². The molecule has 2 aromatic heterocycles. The monoisotopic (exact) mass is 498 g/mol. The Bertz CT molecular complexity index is 1320. The summed E-state index contributed by atoms with van der Waals surface area (Å²) < 4.78 is 2.02. The van der Waals surface area contributed by atoms with Crippen molar-refractivity contribution in [2.45, 2.75) is 30.4 Å². The lowest BCUT2D eigenvalue weighted by Crippen LogP contribution is -2.50. The van der Waals surface area contributed by atoms with E-state index in [0.29, 0.717) is 43.2 Å². The maximum Gasteiger partial charge on any atom is 0.253 e. The van der Waals surface area contributed by atoms with Gasteiger partial charge in [-0.3, -0.25) is 9.59 Å². The van der Waals surface area contributed by atoms with Crippen molar-refractivity contribution in [1.82, 2.24) is 19.2 Å². The van der Waals surface area contributed by atoms with Gasteiger partial charge in [-0.05, 0) is 60.0 Å². The highest BCUT2D eigenvalue weighted by atomic mass is 32.2. The number of carbonyl (C=O) groups is 2. The third-order valence-electron chi connectivity index (χ3n) is 6.58.